The average Bonchev–Trinajstić information content (AvgIpc) is 2.28. The minimum Gasteiger partial charge on any atom is -0.317 e. The normalized spacial score (nSPS) is 10.6. The maximum absolute atomic E-state index is 5.91. The van der Waals surface area contributed by atoms with E-state index in [2.05, 4.69) is 23.6 Å². The van der Waals surface area contributed by atoms with Crippen molar-refractivity contribution >= 4 is 11.6 Å². The van der Waals surface area contributed by atoms with Gasteiger partial charge in [0, 0.05) is 5.02 Å². The van der Waals surface area contributed by atoms with E-state index in [0.29, 0.717) is 0 Å². The van der Waals surface area contributed by atoms with Gasteiger partial charge in [-0.3, -0.25) is 0 Å². The minimum absolute atomic E-state index is 0.824. The van der Waals surface area contributed by atoms with Crippen molar-refractivity contribution in [2.24, 2.45) is 0 Å². The number of nitrogens with one attached hydrogen (secondary N) is 2. The summed E-state index contributed by atoms with van der Waals surface area (Å²) in [5.74, 6) is 0. The molecule has 0 fully saturated rings. The molecule has 0 aliphatic heterocycles. The van der Waals surface area contributed by atoms with Crippen molar-refractivity contribution in [2.75, 3.05) is 26.2 Å². The van der Waals surface area contributed by atoms with Crippen LogP contribution in [0.3, 0.4) is 0 Å². The lowest BCUT2D eigenvalue weighted by molar-refractivity contribution is 0.606. The number of rotatable bonds is 8. The van der Waals surface area contributed by atoms with Gasteiger partial charge in [-0.15, -0.1) is 0 Å². The largest absolute Gasteiger partial charge is 0.317 e. The molecule has 0 saturated heterocycles. The Bertz CT molecular complexity index is 289. The molecule has 1 aromatic rings. The molecule has 0 saturated carbocycles. The van der Waals surface area contributed by atoms with Crippen LogP contribution in [0.5, 0.6) is 0 Å². The monoisotopic (exact) mass is 240 g/mol. The van der Waals surface area contributed by atoms with Crippen LogP contribution in [-0.4, -0.2) is 26.2 Å². The molecule has 0 spiro atoms. The molecule has 0 aliphatic rings. The molecule has 2 nitrogen and oxygen atoms in total. The van der Waals surface area contributed by atoms with Crippen LogP contribution in [0.4, 0.5) is 0 Å². The van der Waals surface area contributed by atoms with Crippen molar-refractivity contribution in [1.29, 1.82) is 0 Å². The Hall–Kier alpha value is -0.570. The van der Waals surface area contributed by atoms with Crippen molar-refractivity contribution in [2.45, 2.75) is 19.8 Å². The third-order valence-corrected chi connectivity index (χ3v) is 2.67. The van der Waals surface area contributed by atoms with Crippen LogP contribution in [0.25, 0.3) is 0 Å². The first-order chi connectivity index (χ1) is 7.83. The van der Waals surface area contributed by atoms with Crippen LogP contribution < -0.4 is 10.6 Å². The molecule has 0 amide bonds. The van der Waals surface area contributed by atoms with Gasteiger partial charge in [0.05, 0.1) is 0 Å². The summed E-state index contributed by atoms with van der Waals surface area (Å²) in [4.78, 5) is 0. The summed E-state index contributed by atoms with van der Waals surface area (Å²) < 4.78 is 0. The first-order valence-corrected chi connectivity index (χ1v) is 6.36. The van der Waals surface area contributed by atoms with E-state index in [1.807, 2.05) is 18.2 Å². The van der Waals surface area contributed by atoms with Crippen molar-refractivity contribution in [3.05, 3.63) is 34.9 Å². The molecule has 0 heterocycles. The Morgan fingerprint density at radius 1 is 1.12 bits per heavy atom. The molecule has 0 radical (unpaired) electrons. The third kappa shape index (κ3) is 6.11. The molecular weight excluding hydrogens is 220 g/mol. The molecule has 0 bridgehead atoms. The van der Waals surface area contributed by atoms with Gasteiger partial charge in [0.25, 0.3) is 0 Å². The standard InChI is InChI=1S/C13H21ClN2/c1-2-15-8-4-9-16-10-7-12-5-3-6-13(14)11-12/h3,5-6,11,15-16H,2,4,7-10H2,1H3. The van der Waals surface area contributed by atoms with Crippen molar-refractivity contribution in [3.63, 3.8) is 0 Å². The van der Waals surface area contributed by atoms with E-state index in [9.17, 15) is 0 Å². The van der Waals surface area contributed by atoms with Gasteiger partial charge in [0.15, 0.2) is 0 Å². The van der Waals surface area contributed by atoms with Gasteiger partial charge in [-0.25, -0.2) is 0 Å². The number of hydrogen-bond acceptors (Lipinski definition) is 2. The van der Waals surface area contributed by atoms with Gasteiger partial charge in [-0.2, -0.15) is 0 Å². The predicted molar refractivity (Wildman–Crippen MR) is 71.2 cm³/mol. The summed E-state index contributed by atoms with van der Waals surface area (Å²) in [6.07, 6.45) is 2.23. The van der Waals surface area contributed by atoms with Crippen molar-refractivity contribution in [3.8, 4) is 0 Å². The Balaban J connectivity index is 2.03. The van der Waals surface area contributed by atoms with E-state index < -0.39 is 0 Å². The van der Waals surface area contributed by atoms with Crippen LogP contribution in [-0.2, 0) is 6.42 Å². The third-order valence-electron chi connectivity index (χ3n) is 2.44. The maximum atomic E-state index is 5.91. The lowest BCUT2D eigenvalue weighted by Crippen LogP contribution is -2.23. The highest BCUT2D eigenvalue weighted by atomic mass is 35.5. The fourth-order valence-electron chi connectivity index (χ4n) is 1.57. The van der Waals surface area contributed by atoms with Gasteiger partial charge < -0.3 is 10.6 Å². The Morgan fingerprint density at radius 3 is 2.69 bits per heavy atom. The molecule has 0 atom stereocenters. The van der Waals surface area contributed by atoms with E-state index in [-0.39, 0.29) is 0 Å². The van der Waals surface area contributed by atoms with E-state index in [4.69, 9.17) is 11.6 Å². The summed E-state index contributed by atoms with van der Waals surface area (Å²) in [5.41, 5.74) is 1.30. The molecular formula is C13H21ClN2. The second-order valence-corrected chi connectivity index (χ2v) is 4.27. The van der Waals surface area contributed by atoms with E-state index in [1.54, 1.807) is 0 Å². The zero-order valence-electron chi connectivity index (χ0n) is 9.93. The van der Waals surface area contributed by atoms with Crippen LogP contribution in [0, 0.1) is 0 Å². The second-order valence-electron chi connectivity index (χ2n) is 3.84. The molecule has 90 valence electrons. The van der Waals surface area contributed by atoms with E-state index in [1.165, 1.54) is 12.0 Å². The molecule has 0 aliphatic carbocycles. The molecule has 1 aromatic carbocycles. The topological polar surface area (TPSA) is 24.1 Å². The average molecular weight is 241 g/mol. The lowest BCUT2D eigenvalue weighted by atomic mass is 10.1. The summed E-state index contributed by atoms with van der Waals surface area (Å²) in [7, 11) is 0. The van der Waals surface area contributed by atoms with Crippen LogP contribution in [0.2, 0.25) is 5.02 Å². The first kappa shape index (κ1) is 13.5. The first-order valence-electron chi connectivity index (χ1n) is 5.99. The molecule has 1 rings (SSSR count). The number of halogens is 1. The van der Waals surface area contributed by atoms with Gasteiger partial charge in [0.2, 0.25) is 0 Å². The fraction of sp³-hybridized carbons (Fsp3) is 0.538. The molecule has 0 aromatic heterocycles. The second kappa shape index (κ2) is 8.57. The quantitative estimate of drug-likeness (QED) is 0.683. The minimum atomic E-state index is 0.824. The van der Waals surface area contributed by atoms with Gasteiger partial charge >= 0.3 is 0 Å². The predicted octanol–water partition coefficient (Wildman–Crippen LogP) is 2.47. The molecule has 3 heteroatoms. The Kier molecular flexibility index (Phi) is 7.23. The smallest absolute Gasteiger partial charge is 0.0408 e. The van der Waals surface area contributed by atoms with Crippen molar-refractivity contribution in [1.82, 2.24) is 10.6 Å². The molecule has 16 heavy (non-hydrogen) atoms. The summed E-state index contributed by atoms with van der Waals surface area (Å²) in [5, 5.41) is 7.56. The van der Waals surface area contributed by atoms with Gasteiger partial charge in [0.1, 0.15) is 0 Å². The van der Waals surface area contributed by atoms with Crippen LogP contribution in [0.1, 0.15) is 18.9 Å². The molecule has 0 unspecified atom stereocenters. The zero-order valence-corrected chi connectivity index (χ0v) is 10.7. The molecule has 2 N–H and O–H groups in total. The Labute approximate surface area is 103 Å². The van der Waals surface area contributed by atoms with Crippen LogP contribution >= 0.6 is 11.6 Å². The highest BCUT2D eigenvalue weighted by molar-refractivity contribution is 6.30. The Morgan fingerprint density at radius 2 is 1.94 bits per heavy atom. The summed E-state index contributed by atoms with van der Waals surface area (Å²) in [6.45, 7) is 6.38. The highest BCUT2D eigenvalue weighted by Gasteiger charge is 1.94. The van der Waals surface area contributed by atoms with Gasteiger partial charge in [-0.05, 0) is 56.7 Å². The van der Waals surface area contributed by atoms with E-state index in [0.717, 1.165) is 37.6 Å². The summed E-state index contributed by atoms with van der Waals surface area (Å²) in [6, 6.07) is 8.06. The van der Waals surface area contributed by atoms with Gasteiger partial charge in [-0.1, -0.05) is 30.7 Å². The number of benzene rings is 1. The van der Waals surface area contributed by atoms with Crippen molar-refractivity contribution < 1.29 is 0 Å². The number of hydrogen-bond donors (Lipinski definition) is 2. The fourth-order valence-corrected chi connectivity index (χ4v) is 1.78. The summed E-state index contributed by atoms with van der Waals surface area (Å²) >= 11 is 5.91. The maximum Gasteiger partial charge on any atom is 0.0408 e. The SMILES string of the molecule is CCNCCCNCCc1cccc(Cl)c1. The van der Waals surface area contributed by atoms with E-state index >= 15 is 0 Å². The highest BCUT2D eigenvalue weighted by Crippen LogP contribution is 2.10. The lowest BCUT2D eigenvalue weighted by Gasteiger charge is -2.05. The zero-order chi connectivity index (χ0) is 11.6. The van der Waals surface area contributed by atoms with Crippen LogP contribution in [0.15, 0.2) is 24.3 Å².